The number of para-hydroxylation sites is 2. The number of nitrogens with zero attached hydrogens (tertiary/aromatic N) is 1. The van der Waals surface area contributed by atoms with E-state index in [9.17, 15) is 4.79 Å². The zero-order chi connectivity index (χ0) is 18.8. The molecule has 1 aliphatic heterocycles. The highest BCUT2D eigenvalue weighted by Crippen LogP contribution is 2.34. The molecule has 1 aromatic heterocycles. The molecule has 3 aromatic rings. The molecule has 2 aromatic carbocycles. The molecule has 2 heterocycles. The monoisotopic (exact) mass is 444 g/mol. The summed E-state index contributed by atoms with van der Waals surface area (Å²) in [5.74, 6) is 0.970. The Balaban J connectivity index is 1.51. The van der Waals surface area contributed by atoms with Crippen LogP contribution in [0.15, 0.2) is 53.0 Å². The highest BCUT2D eigenvalue weighted by Gasteiger charge is 2.28. The average molecular weight is 445 g/mol. The van der Waals surface area contributed by atoms with Gasteiger partial charge in [0.05, 0.1) is 5.69 Å². The van der Waals surface area contributed by atoms with Gasteiger partial charge < -0.3 is 9.47 Å². The lowest BCUT2D eigenvalue weighted by Crippen LogP contribution is -2.40. The van der Waals surface area contributed by atoms with Crippen molar-refractivity contribution in [2.45, 2.75) is 19.4 Å². The van der Waals surface area contributed by atoms with Gasteiger partial charge in [-0.2, -0.15) is 0 Å². The van der Waals surface area contributed by atoms with E-state index in [0.29, 0.717) is 16.6 Å². The molecule has 1 aliphatic rings. The van der Waals surface area contributed by atoms with Gasteiger partial charge in [-0.25, -0.2) is 4.98 Å². The number of ether oxygens (including phenoxy) is 2. The second kappa shape index (κ2) is 7.70. The predicted octanol–water partition coefficient (Wildman–Crippen LogP) is 4.91. The molecule has 0 radical (unpaired) electrons. The standard InChI is InChI=1S/C20H17BrN2O3S/c1-2-17-18(12-7-9-13(21)10-8-12)22-20(27-17)23-19(24)16-11-25-14-5-3-4-6-15(14)26-16/h3-10,16H,2,11H2,1H3,(H,22,23,24). The normalized spacial score (nSPS) is 15.4. The fourth-order valence-electron chi connectivity index (χ4n) is 2.81. The summed E-state index contributed by atoms with van der Waals surface area (Å²) in [6, 6.07) is 15.3. The van der Waals surface area contributed by atoms with Gasteiger partial charge in [0.1, 0.15) is 6.61 Å². The van der Waals surface area contributed by atoms with Crippen molar-refractivity contribution in [3.63, 3.8) is 0 Å². The first-order valence-corrected chi connectivity index (χ1v) is 10.2. The van der Waals surface area contributed by atoms with Crippen LogP contribution in [0.1, 0.15) is 11.8 Å². The van der Waals surface area contributed by atoms with Crippen LogP contribution in [0.4, 0.5) is 5.13 Å². The molecule has 1 amide bonds. The molecule has 7 heteroatoms. The molecule has 0 saturated heterocycles. The first kappa shape index (κ1) is 18.0. The number of hydrogen-bond donors (Lipinski definition) is 1. The molecule has 0 fully saturated rings. The number of carbonyl (C=O) groups excluding carboxylic acids is 1. The predicted molar refractivity (Wildman–Crippen MR) is 110 cm³/mol. The van der Waals surface area contributed by atoms with Crippen LogP contribution in [-0.2, 0) is 11.2 Å². The van der Waals surface area contributed by atoms with Crippen molar-refractivity contribution in [3.05, 3.63) is 57.9 Å². The minimum atomic E-state index is -0.704. The number of aryl methyl sites for hydroxylation is 1. The fourth-order valence-corrected chi connectivity index (χ4v) is 4.00. The minimum Gasteiger partial charge on any atom is -0.485 e. The number of thiazole rings is 1. The van der Waals surface area contributed by atoms with E-state index < -0.39 is 6.10 Å². The van der Waals surface area contributed by atoms with E-state index in [-0.39, 0.29) is 12.5 Å². The van der Waals surface area contributed by atoms with Crippen LogP contribution in [0.5, 0.6) is 11.5 Å². The Bertz CT molecular complexity index is 972. The van der Waals surface area contributed by atoms with Crippen LogP contribution in [0.2, 0.25) is 0 Å². The van der Waals surface area contributed by atoms with Crippen molar-refractivity contribution in [1.29, 1.82) is 0 Å². The summed E-state index contributed by atoms with van der Waals surface area (Å²) in [5, 5.41) is 3.44. The molecule has 1 atom stereocenters. The van der Waals surface area contributed by atoms with Crippen molar-refractivity contribution >= 4 is 38.3 Å². The number of anilines is 1. The van der Waals surface area contributed by atoms with Crippen LogP contribution in [0.25, 0.3) is 11.3 Å². The summed E-state index contributed by atoms with van der Waals surface area (Å²) in [6.45, 7) is 2.25. The van der Waals surface area contributed by atoms with Gasteiger partial charge >= 0.3 is 0 Å². The highest BCUT2D eigenvalue weighted by atomic mass is 79.9. The topological polar surface area (TPSA) is 60.5 Å². The molecule has 138 valence electrons. The number of halogens is 1. The van der Waals surface area contributed by atoms with E-state index in [1.54, 1.807) is 6.07 Å². The van der Waals surface area contributed by atoms with E-state index in [0.717, 1.165) is 27.0 Å². The maximum Gasteiger partial charge on any atom is 0.270 e. The van der Waals surface area contributed by atoms with Crippen LogP contribution < -0.4 is 14.8 Å². The lowest BCUT2D eigenvalue weighted by Gasteiger charge is -2.25. The summed E-state index contributed by atoms with van der Waals surface area (Å²) in [5.41, 5.74) is 1.93. The largest absolute Gasteiger partial charge is 0.485 e. The number of fused-ring (bicyclic) bond motifs is 1. The van der Waals surface area contributed by atoms with Crippen LogP contribution >= 0.6 is 27.3 Å². The maximum atomic E-state index is 12.6. The van der Waals surface area contributed by atoms with Crippen LogP contribution in [0.3, 0.4) is 0 Å². The zero-order valence-electron chi connectivity index (χ0n) is 14.6. The minimum absolute atomic E-state index is 0.175. The smallest absolute Gasteiger partial charge is 0.270 e. The van der Waals surface area contributed by atoms with Gasteiger partial charge in [-0.3, -0.25) is 10.1 Å². The van der Waals surface area contributed by atoms with Crippen molar-refractivity contribution in [1.82, 2.24) is 4.98 Å². The SMILES string of the molecule is CCc1sc(NC(=O)C2COc3ccccc3O2)nc1-c1ccc(Br)cc1. The van der Waals surface area contributed by atoms with Crippen LogP contribution in [0, 0.1) is 0 Å². The van der Waals surface area contributed by atoms with Crippen molar-refractivity contribution in [2.75, 3.05) is 11.9 Å². The molecule has 0 bridgehead atoms. The Kier molecular flexibility index (Phi) is 5.13. The van der Waals surface area contributed by atoms with Gasteiger partial charge in [0.15, 0.2) is 16.6 Å². The number of amides is 1. The summed E-state index contributed by atoms with van der Waals surface area (Å²) < 4.78 is 12.4. The second-order valence-electron chi connectivity index (χ2n) is 6.00. The molecule has 0 saturated carbocycles. The third-order valence-electron chi connectivity index (χ3n) is 4.17. The third-order valence-corrected chi connectivity index (χ3v) is 5.81. The first-order chi connectivity index (χ1) is 13.1. The van der Waals surface area contributed by atoms with E-state index in [1.807, 2.05) is 42.5 Å². The van der Waals surface area contributed by atoms with Gasteiger partial charge in [-0.15, -0.1) is 11.3 Å². The molecule has 1 N–H and O–H groups in total. The van der Waals surface area contributed by atoms with E-state index >= 15 is 0 Å². The Labute approximate surface area is 169 Å². The van der Waals surface area contributed by atoms with Gasteiger partial charge in [0, 0.05) is 14.9 Å². The Morgan fingerprint density at radius 1 is 1.22 bits per heavy atom. The molecule has 27 heavy (non-hydrogen) atoms. The summed E-state index contributed by atoms with van der Waals surface area (Å²) in [6.07, 6.45) is 0.139. The quantitative estimate of drug-likeness (QED) is 0.620. The second-order valence-corrected chi connectivity index (χ2v) is 8.00. The van der Waals surface area contributed by atoms with Gasteiger partial charge in [0.25, 0.3) is 5.91 Å². The lowest BCUT2D eigenvalue weighted by atomic mass is 10.1. The lowest BCUT2D eigenvalue weighted by molar-refractivity contribution is -0.125. The van der Waals surface area contributed by atoms with Crippen molar-refractivity contribution in [3.8, 4) is 22.8 Å². The number of carbonyl (C=O) groups is 1. The first-order valence-electron chi connectivity index (χ1n) is 8.59. The number of hydrogen-bond acceptors (Lipinski definition) is 5. The highest BCUT2D eigenvalue weighted by molar-refractivity contribution is 9.10. The van der Waals surface area contributed by atoms with Gasteiger partial charge in [-0.1, -0.05) is 47.1 Å². The van der Waals surface area contributed by atoms with Crippen LogP contribution in [-0.4, -0.2) is 23.6 Å². The Hall–Kier alpha value is -2.38. The third kappa shape index (κ3) is 3.84. The average Bonchev–Trinajstić information content (AvgIpc) is 3.11. The van der Waals surface area contributed by atoms with Gasteiger partial charge in [-0.05, 0) is 30.7 Å². The molecule has 1 unspecified atom stereocenters. The number of rotatable bonds is 4. The van der Waals surface area contributed by atoms with Crippen molar-refractivity contribution in [2.24, 2.45) is 0 Å². The van der Waals surface area contributed by atoms with Gasteiger partial charge in [0.2, 0.25) is 6.10 Å². The molecule has 0 spiro atoms. The van der Waals surface area contributed by atoms with E-state index in [2.05, 4.69) is 33.2 Å². The van der Waals surface area contributed by atoms with Crippen molar-refractivity contribution < 1.29 is 14.3 Å². The Morgan fingerprint density at radius 3 is 2.70 bits per heavy atom. The number of aromatic nitrogens is 1. The fraction of sp³-hybridized carbons (Fsp3) is 0.200. The van der Waals surface area contributed by atoms with E-state index in [4.69, 9.17) is 9.47 Å². The summed E-state index contributed by atoms with van der Waals surface area (Å²) >= 11 is 4.93. The molecular formula is C20H17BrN2O3S. The molecular weight excluding hydrogens is 428 g/mol. The molecule has 0 aliphatic carbocycles. The zero-order valence-corrected chi connectivity index (χ0v) is 17.0. The summed E-state index contributed by atoms with van der Waals surface area (Å²) in [4.78, 5) is 18.4. The number of nitrogens with one attached hydrogen (secondary N) is 1. The Morgan fingerprint density at radius 2 is 1.96 bits per heavy atom. The molecule has 5 nitrogen and oxygen atoms in total. The summed E-state index contributed by atoms with van der Waals surface area (Å²) in [7, 11) is 0. The molecule has 4 rings (SSSR count). The van der Waals surface area contributed by atoms with E-state index in [1.165, 1.54) is 11.3 Å². The number of benzene rings is 2. The maximum absolute atomic E-state index is 12.6.